The molecule has 2 nitrogen and oxygen atoms in total. The fraction of sp³-hybridized carbons (Fsp3) is 0.250. The van der Waals surface area contributed by atoms with Crippen molar-refractivity contribution in [1.82, 2.24) is 5.32 Å². The van der Waals surface area contributed by atoms with Crippen LogP contribution in [-0.2, 0) is 0 Å². The van der Waals surface area contributed by atoms with Crippen LogP contribution in [0.4, 0.5) is 0 Å². The van der Waals surface area contributed by atoms with Crippen LogP contribution in [0.5, 0.6) is 0 Å². The topological polar surface area (TPSA) is 25.2 Å². The normalized spacial score (nSPS) is 13.2. The summed E-state index contributed by atoms with van der Waals surface area (Å²) in [5.74, 6) is 1.02. The molecule has 0 amide bonds. The number of benzene rings is 2. The molecule has 1 unspecified atom stereocenters. The molecule has 0 bridgehead atoms. The highest BCUT2D eigenvalue weighted by Gasteiger charge is 2.13. The van der Waals surface area contributed by atoms with Gasteiger partial charge in [0.2, 0.25) is 0 Å². The van der Waals surface area contributed by atoms with E-state index in [1.54, 1.807) is 0 Å². The van der Waals surface area contributed by atoms with Gasteiger partial charge in [0.1, 0.15) is 11.3 Å². The van der Waals surface area contributed by atoms with E-state index in [0.717, 1.165) is 17.8 Å². The van der Waals surface area contributed by atoms with E-state index in [4.69, 9.17) is 4.42 Å². The van der Waals surface area contributed by atoms with Crippen LogP contribution >= 0.6 is 0 Å². The fourth-order valence-electron chi connectivity index (χ4n) is 2.51. The fourth-order valence-corrected chi connectivity index (χ4v) is 2.51. The Kier molecular flexibility index (Phi) is 2.80. The van der Waals surface area contributed by atoms with Crippen molar-refractivity contribution in [1.29, 1.82) is 0 Å². The van der Waals surface area contributed by atoms with Gasteiger partial charge in [-0.2, -0.15) is 0 Å². The highest BCUT2D eigenvalue weighted by atomic mass is 16.3. The second-order valence-corrected chi connectivity index (χ2v) is 4.60. The van der Waals surface area contributed by atoms with Crippen LogP contribution in [0.25, 0.3) is 21.7 Å². The summed E-state index contributed by atoms with van der Waals surface area (Å²) in [7, 11) is 1.97. The van der Waals surface area contributed by atoms with E-state index >= 15 is 0 Å². The monoisotopic (exact) mass is 239 g/mol. The third kappa shape index (κ3) is 1.70. The molecule has 92 valence electrons. The summed E-state index contributed by atoms with van der Waals surface area (Å²) in [6.07, 6.45) is 1.02. The van der Waals surface area contributed by atoms with Gasteiger partial charge in [-0.05, 0) is 24.9 Å². The Morgan fingerprint density at radius 1 is 1.11 bits per heavy atom. The zero-order valence-electron chi connectivity index (χ0n) is 10.7. The van der Waals surface area contributed by atoms with E-state index in [0.29, 0.717) is 0 Å². The van der Waals surface area contributed by atoms with Gasteiger partial charge in [0.25, 0.3) is 0 Å². The van der Waals surface area contributed by atoms with Gasteiger partial charge in [-0.15, -0.1) is 0 Å². The molecular weight excluding hydrogens is 222 g/mol. The molecule has 0 saturated carbocycles. The summed E-state index contributed by atoms with van der Waals surface area (Å²) in [5, 5.41) is 6.87. The number of furan rings is 1. The Balaban J connectivity index is 2.25. The first-order valence-electron chi connectivity index (χ1n) is 6.42. The Hall–Kier alpha value is -1.80. The molecular formula is C16H17NO. The van der Waals surface area contributed by atoms with Crippen LogP contribution in [-0.4, -0.2) is 7.05 Å². The van der Waals surface area contributed by atoms with Gasteiger partial charge in [-0.25, -0.2) is 0 Å². The zero-order valence-corrected chi connectivity index (χ0v) is 10.7. The average Bonchev–Trinajstić information content (AvgIpc) is 2.84. The minimum Gasteiger partial charge on any atom is -0.459 e. The summed E-state index contributed by atoms with van der Waals surface area (Å²) < 4.78 is 6.06. The molecule has 1 N–H and O–H groups in total. The lowest BCUT2D eigenvalue weighted by molar-refractivity contribution is 0.445. The van der Waals surface area contributed by atoms with Crippen LogP contribution in [0.1, 0.15) is 25.1 Å². The summed E-state index contributed by atoms with van der Waals surface area (Å²) in [4.78, 5) is 0. The van der Waals surface area contributed by atoms with Gasteiger partial charge in [0.05, 0.1) is 6.04 Å². The molecule has 0 aliphatic heterocycles. The standard InChI is InChI=1S/C16H17NO/c1-3-14(17-2)15-10-12-9-8-11-6-4-5-7-13(11)16(12)18-15/h4-10,14,17H,3H2,1-2H3. The molecule has 2 heteroatoms. The maximum Gasteiger partial charge on any atom is 0.142 e. The van der Waals surface area contributed by atoms with Crippen molar-refractivity contribution in [3.63, 3.8) is 0 Å². The third-order valence-corrected chi connectivity index (χ3v) is 3.53. The van der Waals surface area contributed by atoms with Crippen LogP contribution in [0.15, 0.2) is 46.9 Å². The van der Waals surface area contributed by atoms with Gasteiger partial charge >= 0.3 is 0 Å². The molecule has 0 aliphatic rings. The molecule has 0 aliphatic carbocycles. The van der Waals surface area contributed by atoms with Crippen molar-refractivity contribution >= 4 is 21.7 Å². The van der Waals surface area contributed by atoms with Crippen molar-refractivity contribution in [2.24, 2.45) is 0 Å². The van der Waals surface area contributed by atoms with E-state index in [1.165, 1.54) is 16.2 Å². The summed E-state index contributed by atoms with van der Waals surface area (Å²) in [6, 6.07) is 15.1. The molecule has 2 aromatic carbocycles. The van der Waals surface area contributed by atoms with Crippen LogP contribution in [0.3, 0.4) is 0 Å². The van der Waals surface area contributed by atoms with Crippen LogP contribution < -0.4 is 5.32 Å². The summed E-state index contributed by atoms with van der Waals surface area (Å²) in [5.41, 5.74) is 0.997. The number of hydrogen-bond donors (Lipinski definition) is 1. The Morgan fingerprint density at radius 3 is 2.67 bits per heavy atom. The molecule has 0 fully saturated rings. The molecule has 3 aromatic rings. The van der Waals surface area contributed by atoms with Gasteiger partial charge < -0.3 is 9.73 Å². The largest absolute Gasteiger partial charge is 0.459 e. The minimum atomic E-state index is 0.288. The van der Waals surface area contributed by atoms with Crippen LogP contribution in [0, 0.1) is 0 Å². The van der Waals surface area contributed by atoms with E-state index < -0.39 is 0 Å². The summed E-state index contributed by atoms with van der Waals surface area (Å²) in [6.45, 7) is 2.16. The van der Waals surface area contributed by atoms with Gasteiger partial charge in [0, 0.05) is 10.8 Å². The molecule has 1 heterocycles. The van der Waals surface area contributed by atoms with E-state index in [1.807, 2.05) is 7.05 Å². The van der Waals surface area contributed by atoms with Crippen molar-refractivity contribution in [3.8, 4) is 0 Å². The summed E-state index contributed by atoms with van der Waals surface area (Å²) >= 11 is 0. The first-order valence-corrected chi connectivity index (χ1v) is 6.42. The SMILES string of the molecule is CCC(NC)c1cc2ccc3ccccc3c2o1. The number of fused-ring (bicyclic) bond motifs is 3. The predicted octanol–water partition coefficient (Wildman–Crippen LogP) is 4.26. The first kappa shape index (κ1) is 11.3. The van der Waals surface area contributed by atoms with E-state index in [2.05, 4.69) is 54.7 Å². The lowest BCUT2D eigenvalue weighted by atomic mass is 10.1. The maximum absolute atomic E-state index is 6.06. The lowest BCUT2D eigenvalue weighted by Gasteiger charge is -2.09. The van der Waals surface area contributed by atoms with Gasteiger partial charge in [0.15, 0.2) is 0 Å². The second-order valence-electron chi connectivity index (χ2n) is 4.60. The van der Waals surface area contributed by atoms with E-state index in [9.17, 15) is 0 Å². The molecule has 1 aromatic heterocycles. The average molecular weight is 239 g/mol. The van der Waals surface area contributed by atoms with Crippen molar-refractivity contribution < 1.29 is 4.42 Å². The van der Waals surface area contributed by atoms with E-state index in [-0.39, 0.29) is 6.04 Å². The van der Waals surface area contributed by atoms with Crippen molar-refractivity contribution in [2.75, 3.05) is 7.05 Å². The smallest absolute Gasteiger partial charge is 0.142 e. The molecule has 0 spiro atoms. The zero-order chi connectivity index (χ0) is 12.5. The number of rotatable bonds is 3. The van der Waals surface area contributed by atoms with Crippen molar-refractivity contribution in [2.45, 2.75) is 19.4 Å². The Morgan fingerprint density at radius 2 is 1.89 bits per heavy atom. The molecule has 3 rings (SSSR count). The second kappa shape index (κ2) is 4.46. The minimum absolute atomic E-state index is 0.288. The third-order valence-electron chi connectivity index (χ3n) is 3.53. The maximum atomic E-state index is 6.06. The predicted molar refractivity (Wildman–Crippen MR) is 75.8 cm³/mol. The molecule has 18 heavy (non-hydrogen) atoms. The van der Waals surface area contributed by atoms with Crippen LogP contribution in [0.2, 0.25) is 0 Å². The lowest BCUT2D eigenvalue weighted by Crippen LogP contribution is -2.14. The Labute approximate surface area is 107 Å². The molecule has 1 atom stereocenters. The molecule has 0 saturated heterocycles. The first-order chi connectivity index (χ1) is 8.83. The molecule has 0 radical (unpaired) electrons. The Bertz CT molecular complexity index is 680. The number of nitrogens with one attached hydrogen (secondary N) is 1. The highest BCUT2D eigenvalue weighted by molar-refractivity contribution is 6.04. The van der Waals surface area contributed by atoms with Crippen molar-refractivity contribution in [3.05, 3.63) is 48.2 Å². The highest BCUT2D eigenvalue weighted by Crippen LogP contribution is 2.31. The van der Waals surface area contributed by atoms with Gasteiger partial charge in [-0.1, -0.05) is 43.3 Å². The quantitative estimate of drug-likeness (QED) is 0.739. The number of hydrogen-bond acceptors (Lipinski definition) is 2. The van der Waals surface area contributed by atoms with Gasteiger partial charge in [-0.3, -0.25) is 0 Å².